The standard InChI is InChI=1S/C20H32O2.Na/c1-2-3-4-5-6-7-8-9-10-11-12-13-14-15-16-17-18-19-20(21)22;/h6-7,9-10,12-13,15-16H,2-5,8,11,14,17-19H2,1H3,(H,21,22);/q;+1/p-1/b7-6+,10-9+,13-12+,16-15+;. The first-order chi connectivity index (χ1) is 10.8. The van der Waals surface area contributed by atoms with E-state index in [-0.39, 0.29) is 36.0 Å². The summed E-state index contributed by atoms with van der Waals surface area (Å²) < 4.78 is 0. The summed E-state index contributed by atoms with van der Waals surface area (Å²) in [6, 6.07) is 0. The molecule has 23 heavy (non-hydrogen) atoms. The molecular formula is C20H31NaO2. The molecule has 0 radical (unpaired) electrons. The van der Waals surface area contributed by atoms with Gasteiger partial charge >= 0.3 is 29.6 Å². The van der Waals surface area contributed by atoms with E-state index in [1.54, 1.807) is 0 Å². The maximum atomic E-state index is 10.2. The van der Waals surface area contributed by atoms with Crippen LogP contribution >= 0.6 is 0 Å². The number of unbranched alkanes of at least 4 members (excludes halogenated alkanes) is 4. The van der Waals surface area contributed by atoms with Gasteiger partial charge in [0.1, 0.15) is 0 Å². The summed E-state index contributed by atoms with van der Waals surface area (Å²) in [6.07, 6.45) is 27.0. The van der Waals surface area contributed by atoms with Crippen LogP contribution in [0.5, 0.6) is 0 Å². The first-order valence-corrected chi connectivity index (χ1v) is 8.57. The Morgan fingerprint density at radius 3 is 1.61 bits per heavy atom. The number of carbonyl (C=O) groups is 1. The summed E-state index contributed by atoms with van der Waals surface area (Å²) in [6.45, 7) is 2.23. The van der Waals surface area contributed by atoms with Gasteiger partial charge in [0, 0.05) is 5.97 Å². The van der Waals surface area contributed by atoms with Crippen molar-refractivity contribution in [2.24, 2.45) is 0 Å². The van der Waals surface area contributed by atoms with E-state index in [0.29, 0.717) is 6.42 Å². The van der Waals surface area contributed by atoms with E-state index in [0.717, 1.165) is 25.7 Å². The summed E-state index contributed by atoms with van der Waals surface area (Å²) in [4.78, 5) is 10.2. The van der Waals surface area contributed by atoms with Crippen LogP contribution in [-0.4, -0.2) is 5.97 Å². The summed E-state index contributed by atoms with van der Waals surface area (Å²) in [5.41, 5.74) is 0. The minimum atomic E-state index is -0.962. The Morgan fingerprint density at radius 2 is 1.17 bits per heavy atom. The van der Waals surface area contributed by atoms with E-state index in [1.165, 1.54) is 25.7 Å². The summed E-state index contributed by atoms with van der Waals surface area (Å²) in [7, 11) is 0. The monoisotopic (exact) mass is 326 g/mol. The van der Waals surface area contributed by atoms with E-state index in [9.17, 15) is 9.90 Å². The van der Waals surface area contributed by atoms with Crippen molar-refractivity contribution in [1.82, 2.24) is 0 Å². The van der Waals surface area contributed by atoms with E-state index in [4.69, 9.17) is 0 Å². The molecule has 0 heterocycles. The van der Waals surface area contributed by atoms with Crippen molar-refractivity contribution in [3.63, 3.8) is 0 Å². The van der Waals surface area contributed by atoms with Gasteiger partial charge in [0.05, 0.1) is 0 Å². The van der Waals surface area contributed by atoms with Crippen molar-refractivity contribution in [1.29, 1.82) is 0 Å². The molecular weight excluding hydrogens is 295 g/mol. The predicted octanol–water partition coefficient (Wildman–Crippen LogP) is 1.89. The van der Waals surface area contributed by atoms with E-state index >= 15 is 0 Å². The molecule has 0 aromatic carbocycles. The normalized spacial score (nSPS) is 11.9. The maximum Gasteiger partial charge on any atom is 1.00 e. The summed E-state index contributed by atoms with van der Waals surface area (Å²) in [5.74, 6) is -0.962. The van der Waals surface area contributed by atoms with Crippen molar-refractivity contribution in [2.75, 3.05) is 0 Å². The van der Waals surface area contributed by atoms with Crippen LogP contribution in [-0.2, 0) is 4.79 Å². The van der Waals surface area contributed by atoms with Gasteiger partial charge in [-0.1, -0.05) is 68.4 Å². The molecule has 0 aliphatic heterocycles. The quantitative estimate of drug-likeness (QED) is 0.278. The van der Waals surface area contributed by atoms with Gasteiger partial charge in [-0.2, -0.15) is 0 Å². The Morgan fingerprint density at radius 1 is 0.739 bits per heavy atom. The van der Waals surface area contributed by atoms with Crippen LogP contribution in [0, 0.1) is 0 Å². The molecule has 0 N–H and O–H groups in total. The fourth-order valence-electron chi connectivity index (χ4n) is 1.93. The molecule has 0 saturated carbocycles. The van der Waals surface area contributed by atoms with E-state index < -0.39 is 5.97 Å². The molecule has 124 valence electrons. The second kappa shape index (κ2) is 21.4. The minimum Gasteiger partial charge on any atom is -0.550 e. The second-order valence-corrected chi connectivity index (χ2v) is 5.35. The summed E-state index contributed by atoms with van der Waals surface area (Å²) >= 11 is 0. The molecule has 0 rings (SSSR count). The molecule has 0 spiro atoms. The van der Waals surface area contributed by atoms with Crippen LogP contribution in [0.15, 0.2) is 48.6 Å². The van der Waals surface area contributed by atoms with Gasteiger partial charge in [-0.05, 0) is 51.4 Å². The zero-order valence-electron chi connectivity index (χ0n) is 15.0. The smallest absolute Gasteiger partial charge is 0.550 e. The predicted molar refractivity (Wildman–Crippen MR) is 93.4 cm³/mol. The molecule has 3 heteroatoms. The Bertz CT molecular complexity index is 368. The van der Waals surface area contributed by atoms with E-state index in [1.807, 2.05) is 6.08 Å². The van der Waals surface area contributed by atoms with Crippen LogP contribution in [0.25, 0.3) is 0 Å². The molecule has 2 nitrogen and oxygen atoms in total. The van der Waals surface area contributed by atoms with Crippen LogP contribution in [0.4, 0.5) is 0 Å². The van der Waals surface area contributed by atoms with Crippen molar-refractivity contribution in [3.05, 3.63) is 48.6 Å². The number of hydrogen-bond acceptors (Lipinski definition) is 2. The van der Waals surface area contributed by atoms with Gasteiger partial charge in [-0.3, -0.25) is 0 Å². The van der Waals surface area contributed by atoms with Crippen molar-refractivity contribution >= 4 is 5.97 Å². The molecule has 0 bridgehead atoms. The van der Waals surface area contributed by atoms with Gasteiger partial charge in [0.15, 0.2) is 0 Å². The Balaban J connectivity index is 0. The van der Waals surface area contributed by atoms with Gasteiger partial charge in [0.2, 0.25) is 0 Å². The SMILES string of the molecule is CCCCC/C=C/C/C=C/C/C=C/C/C=C/CCCC(=O)[O-].[Na+]. The first kappa shape index (κ1) is 24.7. The fourth-order valence-corrected chi connectivity index (χ4v) is 1.93. The van der Waals surface area contributed by atoms with Crippen molar-refractivity contribution < 1.29 is 39.5 Å². The number of hydrogen-bond donors (Lipinski definition) is 0. The maximum absolute atomic E-state index is 10.2. The average Bonchev–Trinajstić information content (AvgIpc) is 2.50. The van der Waals surface area contributed by atoms with Crippen molar-refractivity contribution in [3.8, 4) is 0 Å². The second-order valence-electron chi connectivity index (χ2n) is 5.35. The molecule has 0 aromatic heterocycles. The van der Waals surface area contributed by atoms with Crippen LogP contribution in [0.3, 0.4) is 0 Å². The minimum absolute atomic E-state index is 0. The number of aliphatic carboxylic acids is 1. The number of carboxylic acids is 1. The molecule has 0 aliphatic carbocycles. The van der Waals surface area contributed by atoms with Gasteiger partial charge in [-0.25, -0.2) is 0 Å². The zero-order valence-corrected chi connectivity index (χ0v) is 17.0. The molecule has 0 unspecified atom stereocenters. The third-order valence-corrected chi connectivity index (χ3v) is 3.21. The summed E-state index contributed by atoms with van der Waals surface area (Å²) in [5, 5.41) is 10.2. The Labute approximate surface area is 164 Å². The molecule has 0 aliphatic rings. The topological polar surface area (TPSA) is 40.1 Å². The Hall–Kier alpha value is -0.570. The number of rotatable bonds is 14. The number of carbonyl (C=O) groups excluding carboxylic acids is 1. The number of carboxylic acid groups (broad SMARTS) is 1. The van der Waals surface area contributed by atoms with Gasteiger partial charge < -0.3 is 9.90 Å². The molecule has 0 atom stereocenters. The number of allylic oxidation sites excluding steroid dienone is 8. The van der Waals surface area contributed by atoms with Crippen LogP contribution < -0.4 is 34.7 Å². The average molecular weight is 326 g/mol. The molecule has 0 aromatic rings. The van der Waals surface area contributed by atoms with E-state index in [2.05, 4.69) is 49.5 Å². The molecule has 0 amide bonds. The zero-order chi connectivity index (χ0) is 16.3. The third-order valence-electron chi connectivity index (χ3n) is 3.21. The third kappa shape index (κ3) is 23.8. The van der Waals surface area contributed by atoms with Crippen molar-refractivity contribution in [2.45, 2.75) is 71.1 Å². The molecule has 0 fully saturated rings. The van der Waals surface area contributed by atoms with Crippen LogP contribution in [0.1, 0.15) is 71.1 Å². The van der Waals surface area contributed by atoms with Gasteiger partial charge in [-0.15, -0.1) is 0 Å². The largest absolute Gasteiger partial charge is 1.00 e. The molecule has 0 saturated heterocycles. The fraction of sp³-hybridized carbons (Fsp3) is 0.550. The first-order valence-electron chi connectivity index (χ1n) is 8.57. The van der Waals surface area contributed by atoms with Crippen LogP contribution in [0.2, 0.25) is 0 Å². The Kier molecular flexibility index (Phi) is 23.0. The van der Waals surface area contributed by atoms with Gasteiger partial charge in [0.25, 0.3) is 0 Å².